The van der Waals surface area contributed by atoms with Crippen LogP contribution in [0, 0.1) is 0 Å². The van der Waals surface area contributed by atoms with Gasteiger partial charge in [0.15, 0.2) is 0 Å². The van der Waals surface area contributed by atoms with Crippen LogP contribution in [0.25, 0.3) is 0 Å². The smallest absolute Gasteiger partial charge is 0.136 e. The van der Waals surface area contributed by atoms with Crippen molar-refractivity contribution in [1.29, 1.82) is 0 Å². The number of thiocarbonyl (C=S) groups is 2. The van der Waals surface area contributed by atoms with E-state index in [-0.39, 0.29) is 0 Å². The second-order valence-corrected chi connectivity index (χ2v) is 12.1. The van der Waals surface area contributed by atoms with Gasteiger partial charge in [-0.15, -0.1) is 0 Å². The van der Waals surface area contributed by atoms with Crippen LogP contribution < -0.4 is 0 Å². The third kappa shape index (κ3) is 7.80. The van der Waals surface area contributed by atoms with Crippen LogP contribution in [0.5, 0.6) is 0 Å². The molecule has 8 heteroatoms. The van der Waals surface area contributed by atoms with E-state index < -0.39 is 0 Å². The van der Waals surface area contributed by atoms with Crippen LogP contribution in [0.3, 0.4) is 0 Å². The second kappa shape index (κ2) is 10.3. The number of nitrogens with zero attached hydrogens (tertiary/aromatic N) is 4. The van der Waals surface area contributed by atoms with Crippen molar-refractivity contribution in [2.75, 3.05) is 92.1 Å². The Balaban J connectivity index is 1.50. The lowest BCUT2D eigenvalue weighted by Crippen LogP contribution is -2.55. The zero-order valence-electron chi connectivity index (χ0n) is 16.9. The number of unbranched alkanes of at least 4 members (excludes halogenated alkanes) is 1. The van der Waals surface area contributed by atoms with Crippen LogP contribution in [-0.4, -0.2) is 119 Å². The Morgan fingerprint density at radius 1 is 0.692 bits per heavy atom. The molecule has 0 aliphatic carbocycles. The van der Waals surface area contributed by atoms with Gasteiger partial charge >= 0.3 is 0 Å². The van der Waals surface area contributed by atoms with Crippen molar-refractivity contribution in [2.45, 2.75) is 12.8 Å². The minimum absolute atomic E-state index is 1.10. The fraction of sp³-hybridized carbons (Fsp3) is 0.889. The maximum absolute atomic E-state index is 5.62. The van der Waals surface area contributed by atoms with Crippen molar-refractivity contribution >= 4 is 56.6 Å². The van der Waals surface area contributed by atoms with Crippen molar-refractivity contribution in [3.8, 4) is 0 Å². The fourth-order valence-corrected chi connectivity index (χ4v) is 5.73. The van der Waals surface area contributed by atoms with E-state index in [0.717, 1.165) is 55.3 Å². The molecule has 2 fully saturated rings. The Morgan fingerprint density at radius 2 is 1.00 bits per heavy atom. The number of rotatable bonds is 5. The molecule has 0 radical (unpaired) electrons. The van der Waals surface area contributed by atoms with E-state index >= 15 is 0 Å². The summed E-state index contributed by atoms with van der Waals surface area (Å²) in [6, 6.07) is 0. The lowest BCUT2D eigenvalue weighted by molar-refractivity contribution is -0.893. The van der Waals surface area contributed by atoms with Gasteiger partial charge in [-0.3, -0.25) is 0 Å². The SMILES string of the molecule is C[N+]1(C)CCN(C(=S)SCCCCSC(=S)N2CC[N+](C)(C)CC2)CC1. The Bertz CT molecular complexity index is 432. The van der Waals surface area contributed by atoms with E-state index in [1.54, 1.807) is 0 Å². The maximum atomic E-state index is 5.62. The molecule has 0 aromatic rings. The summed E-state index contributed by atoms with van der Waals surface area (Å²) in [5.74, 6) is 2.27. The van der Waals surface area contributed by atoms with Gasteiger partial charge in [-0.1, -0.05) is 48.0 Å². The summed E-state index contributed by atoms with van der Waals surface area (Å²) in [7, 11) is 9.22. The molecule has 0 amide bonds. The normalized spacial score (nSPS) is 22.3. The highest BCUT2D eigenvalue weighted by molar-refractivity contribution is 8.23. The first kappa shape index (κ1) is 22.7. The molecule has 0 bridgehead atoms. The molecule has 0 N–H and O–H groups in total. The zero-order valence-corrected chi connectivity index (χ0v) is 20.2. The lowest BCUT2D eigenvalue weighted by atomic mass is 10.3. The third-order valence-electron chi connectivity index (χ3n) is 5.41. The summed E-state index contributed by atoms with van der Waals surface area (Å²) >= 11 is 15.0. The molecule has 0 spiro atoms. The molecule has 2 aliphatic rings. The van der Waals surface area contributed by atoms with Crippen molar-refractivity contribution in [2.24, 2.45) is 0 Å². The Labute approximate surface area is 179 Å². The quantitative estimate of drug-likeness (QED) is 0.369. The van der Waals surface area contributed by atoms with Gasteiger partial charge < -0.3 is 18.8 Å². The third-order valence-corrected chi connectivity index (χ3v) is 8.63. The van der Waals surface area contributed by atoms with Gasteiger partial charge in [0.05, 0.1) is 80.5 Å². The van der Waals surface area contributed by atoms with Crippen LogP contribution in [0.2, 0.25) is 0 Å². The predicted molar refractivity (Wildman–Crippen MR) is 126 cm³/mol. The fourth-order valence-electron chi connectivity index (χ4n) is 3.08. The molecule has 26 heavy (non-hydrogen) atoms. The molecule has 2 heterocycles. The van der Waals surface area contributed by atoms with Gasteiger partial charge in [0.2, 0.25) is 0 Å². The highest BCUT2D eigenvalue weighted by Crippen LogP contribution is 2.18. The van der Waals surface area contributed by atoms with Crippen molar-refractivity contribution in [1.82, 2.24) is 9.80 Å². The van der Waals surface area contributed by atoms with Crippen LogP contribution in [0.15, 0.2) is 0 Å². The van der Waals surface area contributed by atoms with E-state index in [2.05, 4.69) is 38.0 Å². The molecule has 0 unspecified atom stereocenters. The summed E-state index contributed by atoms with van der Waals surface area (Å²) in [4.78, 5) is 4.79. The summed E-state index contributed by atoms with van der Waals surface area (Å²) < 4.78 is 4.44. The highest BCUT2D eigenvalue weighted by atomic mass is 32.2. The number of thioether (sulfide) groups is 2. The van der Waals surface area contributed by atoms with Crippen LogP contribution >= 0.6 is 48.0 Å². The van der Waals surface area contributed by atoms with E-state index in [0.29, 0.717) is 0 Å². The minimum Gasteiger partial charge on any atom is -0.346 e. The first-order valence-electron chi connectivity index (χ1n) is 9.66. The Hall–Kier alpha value is 0.400. The lowest BCUT2D eigenvalue weighted by Gasteiger charge is -2.39. The number of likely N-dealkylation sites (N-methyl/N-ethyl adjacent to an activating group) is 2. The topological polar surface area (TPSA) is 6.48 Å². The van der Waals surface area contributed by atoms with E-state index in [4.69, 9.17) is 24.4 Å². The summed E-state index contributed by atoms with van der Waals surface area (Å²) in [6.45, 7) is 9.20. The first-order chi connectivity index (χ1) is 12.2. The number of hydrogen-bond acceptors (Lipinski definition) is 4. The monoisotopic (exact) mass is 436 g/mol. The average molecular weight is 437 g/mol. The maximum Gasteiger partial charge on any atom is 0.136 e. The molecule has 150 valence electrons. The predicted octanol–water partition coefficient (Wildman–Crippen LogP) is 2.59. The molecule has 0 atom stereocenters. The van der Waals surface area contributed by atoms with E-state index in [9.17, 15) is 0 Å². The van der Waals surface area contributed by atoms with Gasteiger partial charge in [-0.25, -0.2) is 0 Å². The standard InChI is InChI=1S/C18H36N4S4/c1-21(2)11-7-19(8-12-21)17(23)25-15-5-6-16-26-18(24)20-9-13-22(3,4)14-10-20/h5-16H2,1-4H3/q+2. The number of quaternary nitrogens is 2. The highest BCUT2D eigenvalue weighted by Gasteiger charge is 2.26. The molecule has 0 aromatic heterocycles. The van der Waals surface area contributed by atoms with Gasteiger partial charge in [-0.05, 0) is 12.8 Å². The first-order valence-corrected chi connectivity index (χ1v) is 12.4. The molecular formula is C18H36N4S4+2. The molecule has 2 saturated heterocycles. The van der Waals surface area contributed by atoms with E-state index in [1.165, 1.54) is 39.0 Å². The second-order valence-electron chi connectivity index (χ2n) is 8.68. The zero-order chi connectivity index (χ0) is 19.2. The molecule has 4 nitrogen and oxygen atoms in total. The van der Waals surface area contributed by atoms with Crippen molar-refractivity contribution in [3.05, 3.63) is 0 Å². The van der Waals surface area contributed by atoms with Gasteiger partial charge in [0.25, 0.3) is 0 Å². The van der Waals surface area contributed by atoms with Gasteiger partial charge in [0, 0.05) is 11.5 Å². The van der Waals surface area contributed by atoms with Gasteiger partial charge in [0.1, 0.15) is 8.64 Å². The van der Waals surface area contributed by atoms with Crippen molar-refractivity contribution < 1.29 is 8.97 Å². The van der Waals surface area contributed by atoms with Gasteiger partial charge in [-0.2, -0.15) is 0 Å². The molecule has 0 saturated carbocycles. The van der Waals surface area contributed by atoms with Crippen LogP contribution in [0.4, 0.5) is 0 Å². The summed E-state index contributed by atoms with van der Waals surface area (Å²) in [6.07, 6.45) is 2.44. The minimum atomic E-state index is 1.10. The summed E-state index contributed by atoms with van der Waals surface area (Å²) in [5.41, 5.74) is 0. The van der Waals surface area contributed by atoms with Crippen LogP contribution in [-0.2, 0) is 0 Å². The molecule has 2 rings (SSSR count). The van der Waals surface area contributed by atoms with Crippen molar-refractivity contribution in [3.63, 3.8) is 0 Å². The van der Waals surface area contributed by atoms with Crippen LogP contribution in [0.1, 0.15) is 12.8 Å². The largest absolute Gasteiger partial charge is 0.346 e. The Kier molecular flexibility index (Phi) is 8.95. The Morgan fingerprint density at radius 3 is 1.31 bits per heavy atom. The number of hydrogen-bond donors (Lipinski definition) is 0. The summed E-state index contributed by atoms with van der Waals surface area (Å²) in [5, 5.41) is 0. The molecule has 0 aromatic carbocycles. The molecular weight excluding hydrogens is 400 g/mol. The van der Waals surface area contributed by atoms with E-state index in [1.807, 2.05) is 23.5 Å². The molecule has 2 aliphatic heterocycles. The number of piperazine rings is 2. The average Bonchev–Trinajstić information content (AvgIpc) is 2.57.